The number of aromatic hydroxyl groups is 1. The van der Waals surface area contributed by atoms with Crippen LogP contribution in [0, 0.1) is 15.9 Å². The van der Waals surface area contributed by atoms with Gasteiger partial charge in [0.1, 0.15) is 5.82 Å². The molecule has 2 N–H and O–H groups in total. The second-order valence-corrected chi connectivity index (χ2v) is 4.52. The molecular formula is C15H12FN3O5. The minimum atomic E-state index is -0.734. The Morgan fingerprint density at radius 3 is 2.58 bits per heavy atom. The first kappa shape index (κ1) is 16.9. The van der Waals surface area contributed by atoms with Crippen LogP contribution >= 0.6 is 0 Å². The molecule has 8 nitrogen and oxygen atoms in total. The van der Waals surface area contributed by atoms with E-state index in [2.05, 4.69) is 10.5 Å². The third-order valence-electron chi connectivity index (χ3n) is 3.00. The van der Waals surface area contributed by atoms with E-state index in [4.69, 9.17) is 4.74 Å². The number of rotatable bonds is 5. The molecule has 0 bridgehead atoms. The number of phenolic OH excluding ortho intramolecular Hbond substituents is 1. The number of methoxy groups -OCH3 is 1. The van der Waals surface area contributed by atoms with Crippen molar-refractivity contribution in [3.8, 4) is 11.5 Å². The molecule has 0 atom stereocenters. The quantitative estimate of drug-likeness (QED) is 0.495. The normalized spacial score (nSPS) is 10.6. The van der Waals surface area contributed by atoms with Crippen LogP contribution in [0.5, 0.6) is 11.5 Å². The van der Waals surface area contributed by atoms with E-state index < -0.39 is 28.1 Å². The summed E-state index contributed by atoms with van der Waals surface area (Å²) in [4.78, 5) is 22.2. The molecule has 0 fully saturated rings. The molecule has 24 heavy (non-hydrogen) atoms. The summed E-state index contributed by atoms with van der Waals surface area (Å²) >= 11 is 0. The van der Waals surface area contributed by atoms with Gasteiger partial charge < -0.3 is 9.84 Å². The molecule has 0 aliphatic carbocycles. The number of nitrogens with zero attached hydrogens (tertiary/aromatic N) is 2. The van der Waals surface area contributed by atoms with Crippen molar-refractivity contribution in [1.82, 2.24) is 5.43 Å². The third kappa shape index (κ3) is 3.64. The fourth-order valence-electron chi connectivity index (χ4n) is 1.90. The van der Waals surface area contributed by atoms with E-state index in [0.717, 1.165) is 18.3 Å². The molecule has 2 rings (SSSR count). The van der Waals surface area contributed by atoms with Gasteiger partial charge in [0.05, 0.1) is 23.8 Å². The molecule has 0 radical (unpaired) electrons. The Hall–Kier alpha value is -3.49. The summed E-state index contributed by atoms with van der Waals surface area (Å²) in [5, 5.41) is 24.3. The lowest BCUT2D eigenvalue weighted by Gasteiger charge is -2.06. The van der Waals surface area contributed by atoms with Gasteiger partial charge in [0.25, 0.3) is 5.91 Å². The number of carbonyl (C=O) groups excluding carboxylic acids is 1. The van der Waals surface area contributed by atoms with Crippen LogP contribution < -0.4 is 10.2 Å². The lowest BCUT2D eigenvalue weighted by Crippen LogP contribution is -2.17. The topological polar surface area (TPSA) is 114 Å². The summed E-state index contributed by atoms with van der Waals surface area (Å²) in [7, 11) is 1.18. The number of nitro groups is 1. The van der Waals surface area contributed by atoms with Crippen LogP contribution in [0.2, 0.25) is 0 Å². The number of carbonyl (C=O) groups is 1. The standard InChI is InChI=1S/C15H12FN3O5/c1-24-14-12(20)7-4-10(13(14)19(22)23)8-17-18-15(21)9-2-5-11(16)6-3-9/h2-8,20H,1H3,(H,18,21)/b17-8-. The SMILES string of the molecule is COc1c(O)ccc(/C=N\NC(=O)c2ccc(F)cc2)c1[N+](=O)[O-]. The van der Waals surface area contributed by atoms with E-state index in [-0.39, 0.29) is 16.9 Å². The van der Waals surface area contributed by atoms with Crippen LogP contribution in [0.4, 0.5) is 10.1 Å². The van der Waals surface area contributed by atoms with Crippen molar-refractivity contribution in [3.05, 3.63) is 63.5 Å². The van der Waals surface area contributed by atoms with Crippen molar-refractivity contribution in [2.75, 3.05) is 7.11 Å². The van der Waals surface area contributed by atoms with Crippen LogP contribution in [0.1, 0.15) is 15.9 Å². The van der Waals surface area contributed by atoms with Crippen molar-refractivity contribution in [3.63, 3.8) is 0 Å². The smallest absolute Gasteiger partial charge is 0.323 e. The molecule has 0 saturated carbocycles. The molecule has 0 aliphatic rings. The van der Waals surface area contributed by atoms with Gasteiger partial charge in [-0.15, -0.1) is 0 Å². The van der Waals surface area contributed by atoms with Gasteiger partial charge in [-0.3, -0.25) is 14.9 Å². The van der Waals surface area contributed by atoms with Gasteiger partial charge in [-0.05, 0) is 36.4 Å². The summed E-state index contributed by atoms with van der Waals surface area (Å²) in [6.07, 6.45) is 1.04. The summed E-state index contributed by atoms with van der Waals surface area (Å²) in [6.45, 7) is 0. The van der Waals surface area contributed by atoms with E-state index in [9.17, 15) is 24.4 Å². The van der Waals surface area contributed by atoms with E-state index in [1.54, 1.807) is 0 Å². The number of hydrazone groups is 1. The van der Waals surface area contributed by atoms with Gasteiger partial charge in [0.15, 0.2) is 5.75 Å². The number of nitrogens with one attached hydrogen (secondary N) is 1. The van der Waals surface area contributed by atoms with Crippen LogP contribution in [0.25, 0.3) is 0 Å². The molecule has 0 aliphatic heterocycles. The Labute approximate surface area is 135 Å². The number of ether oxygens (including phenoxy) is 1. The number of halogens is 1. The Kier molecular flexibility index (Phi) is 5.05. The van der Waals surface area contributed by atoms with Gasteiger partial charge in [-0.2, -0.15) is 5.10 Å². The van der Waals surface area contributed by atoms with Gasteiger partial charge in [-0.1, -0.05) is 0 Å². The lowest BCUT2D eigenvalue weighted by molar-refractivity contribution is -0.386. The highest BCUT2D eigenvalue weighted by Gasteiger charge is 2.23. The van der Waals surface area contributed by atoms with Crippen LogP contribution in [0.15, 0.2) is 41.5 Å². The van der Waals surface area contributed by atoms with Crippen LogP contribution in [-0.2, 0) is 0 Å². The first-order valence-corrected chi connectivity index (χ1v) is 6.57. The van der Waals surface area contributed by atoms with Crippen LogP contribution in [-0.4, -0.2) is 29.3 Å². The molecule has 9 heteroatoms. The Morgan fingerprint density at radius 2 is 2.00 bits per heavy atom. The third-order valence-corrected chi connectivity index (χ3v) is 3.00. The van der Waals surface area contributed by atoms with E-state index in [1.807, 2.05) is 0 Å². The first-order valence-electron chi connectivity index (χ1n) is 6.57. The van der Waals surface area contributed by atoms with E-state index in [0.29, 0.717) is 0 Å². The minimum Gasteiger partial charge on any atom is -0.504 e. The second-order valence-electron chi connectivity index (χ2n) is 4.52. The number of hydrogen-bond acceptors (Lipinski definition) is 6. The molecule has 0 saturated heterocycles. The highest BCUT2D eigenvalue weighted by atomic mass is 19.1. The molecule has 0 spiro atoms. The molecule has 0 aromatic heterocycles. The molecule has 0 unspecified atom stereocenters. The maximum Gasteiger partial charge on any atom is 0.323 e. The number of nitro benzene ring substituents is 1. The predicted octanol–water partition coefficient (Wildman–Crippen LogP) is 2.21. The molecule has 124 valence electrons. The van der Waals surface area contributed by atoms with E-state index >= 15 is 0 Å². The van der Waals surface area contributed by atoms with Gasteiger partial charge in [-0.25, -0.2) is 9.82 Å². The molecule has 1 amide bonds. The maximum absolute atomic E-state index is 12.8. The van der Waals surface area contributed by atoms with E-state index in [1.165, 1.54) is 31.4 Å². The fourth-order valence-corrected chi connectivity index (χ4v) is 1.90. The van der Waals surface area contributed by atoms with Gasteiger partial charge in [0.2, 0.25) is 5.75 Å². The van der Waals surface area contributed by atoms with Crippen molar-refractivity contribution in [2.45, 2.75) is 0 Å². The van der Waals surface area contributed by atoms with Crippen LogP contribution in [0.3, 0.4) is 0 Å². The number of amides is 1. The molecule has 0 heterocycles. The Balaban J connectivity index is 2.21. The van der Waals surface area contributed by atoms with Crippen molar-refractivity contribution >= 4 is 17.8 Å². The van der Waals surface area contributed by atoms with Gasteiger partial charge in [0, 0.05) is 5.56 Å². The van der Waals surface area contributed by atoms with Crippen molar-refractivity contribution in [1.29, 1.82) is 0 Å². The fraction of sp³-hybridized carbons (Fsp3) is 0.0667. The Morgan fingerprint density at radius 1 is 1.33 bits per heavy atom. The summed E-state index contributed by atoms with van der Waals surface area (Å²) in [5.74, 6) is -1.80. The highest BCUT2D eigenvalue weighted by molar-refractivity contribution is 5.95. The number of benzene rings is 2. The molecular weight excluding hydrogens is 321 g/mol. The first-order chi connectivity index (χ1) is 11.4. The highest BCUT2D eigenvalue weighted by Crippen LogP contribution is 2.37. The lowest BCUT2D eigenvalue weighted by atomic mass is 10.1. The van der Waals surface area contributed by atoms with Crippen molar-refractivity contribution in [2.24, 2.45) is 5.10 Å². The summed E-state index contributed by atoms with van der Waals surface area (Å²) < 4.78 is 17.6. The second kappa shape index (κ2) is 7.18. The van der Waals surface area contributed by atoms with Crippen molar-refractivity contribution < 1.29 is 24.0 Å². The monoisotopic (exact) mass is 333 g/mol. The minimum absolute atomic E-state index is 0.0223. The Bertz CT molecular complexity index is 806. The average Bonchev–Trinajstić information content (AvgIpc) is 2.56. The molecule has 2 aromatic carbocycles. The number of phenols is 1. The molecule has 2 aromatic rings. The number of hydrogen-bond donors (Lipinski definition) is 2. The average molecular weight is 333 g/mol. The van der Waals surface area contributed by atoms with Gasteiger partial charge >= 0.3 is 5.69 Å². The zero-order valence-electron chi connectivity index (χ0n) is 12.4. The maximum atomic E-state index is 12.8. The summed E-state index contributed by atoms with van der Waals surface area (Å²) in [6, 6.07) is 7.24. The predicted molar refractivity (Wildman–Crippen MR) is 82.8 cm³/mol. The zero-order valence-corrected chi connectivity index (χ0v) is 12.4. The summed E-state index contributed by atoms with van der Waals surface area (Å²) in [5.41, 5.74) is 1.87. The zero-order chi connectivity index (χ0) is 17.7. The largest absolute Gasteiger partial charge is 0.504 e.